The molecule has 1 atom stereocenters. The molecular formula is C19H19BrO5. The summed E-state index contributed by atoms with van der Waals surface area (Å²) in [4.78, 5) is 23.3. The standard InChI is InChI=1S/C19H19BrO5/c1-3-12(2)14-6-4-5-7-16(14)24-11-18(21)25-17-9-8-13(20)10-15(17)19(22)23/h4-10,12H,3,11H2,1-2H3,(H,22,23). The fourth-order valence-corrected chi connectivity index (χ4v) is 2.65. The summed E-state index contributed by atoms with van der Waals surface area (Å²) in [6.45, 7) is 3.86. The van der Waals surface area contributed by atoms with Crippen LogP contribution in [-0.4, -0.2) is 23.7 Å². The van der Waals surface area contributed by atoms with Crippen LogP contribution in [0.5, 0.6) is 11.5 Å². The first-order chi connectivity index (χ1) is 11.9. The number of rotatable bonds is 7. The maximum Gasteiger partial charge on any atom is 0.349 e. The molecule has 0 spiro atoms. The van der Waals surface area contributed by atoms with Crippen molar-refractivity contribution in [2.24, 2.45) is 0 Å². The summed E-state index contributed by atoms with van der Waals surface area (Å²) in [6, 6.07) is 11.9. The van der Waals surface area contributed by atoms with Crippen LogP contribution >= 0.6 is 15.9 Å². The van der Waals surface area contributed by atoms with E-state index >= 15 is 0 Å². The fraction of sp³-hybridized carbons (Fsp3) is 0.263. The van der Waals surface area contributed by atoms with Crippen LogP contribution in [-0.2, 0) is 4.79 Å². The van der Waals surface area contributed by atoms with Gasteiger partial charge in [-0.05, 0) is 42.2 Å². The third-order valence-corrected chi connectivity index (χ3v) is 4.30. The number of hydrogen-bond acceptors (Lipinski definition) is 4. The minimum absolute atomic E-state index is 0.0143. The van der Waals surface area contributed by atoms with Gasteiger partial charge in [0.1, 0.15) is 17.1 Å². The molecular weight excluding hydrogens is 388 g/mol. The van der Waals surface area contributed by atoms with Gasteiger partial charge < -0.3 is 14.6 Å². The Labute approximate surface area is 154 Å². The number of carbonyl (C=O) groups excluding carboxylic acids is 1. The van der Waals surface area contributed by atoms with Gasteiger partial charge in [0.25, 0.3) is 0 Å². The number of aromatic carboxylic acids is 1. The number of carbonyl (C=O) groups is 2. The van der Waals surface area contributed by atoms with Gasteiger partial charge in [0.15, 0.2) is 6.61 Å². The number of carboxylic acid groups (broad SMARTS) is 1. The van der Waals surface area contributed by atoms with Crippen molar-refractivity contribution in [2.75, 3.05) is 6.61 Å². The third-order valence-electron chi connectivity index (χ3n) is 3.80. The van der Waals surface area contributed by atoms with Gasteiger partial charge in [0.05, 0.1) is 0 Å². The van der Waals surface area contributed by atoms with E-state index in [2.05, 4.69) is 29.8 Å². The highest BCUT2D eigenvalue weighted by molar-refractivity contribution is 9.10. The van der Waals surface area contributed by atoms with Gasteiger partial charge in [-0.1, -0.05) is 48.0 Å². The van der Waals surface area contributed by atoms with Gasteiger partial charge in [-0.25, -0.2) is 9.59 Å². The number of halogens is 1. The maximum atomic E-state index is 12.0. The summed E-state index contributed by atoms with van der Waals surface area (Å²) in [5, 5.41) is 9.19. The quantitative estimate of drug-likeness (QED) is 0.535. The minimum Gasteiger partial charge on any atom is -0.482 e. The minimum atomic E-state index is -1.17. The van der Waals surface area contributed by atoms with Crippen LogP contribution in [0.15, 0.2) is 46.9 Å². The van der Waals surface area contributed by atoms with E-state index in [1.807, 2.05) is 18.2 Å². The van der Waals surface area contributed by atoms with Crippen molar-refractivity contribution < 1.29 is 24.2 Å². The van der Waals surface area contributed by atoms with Gasteiger partial charge in [0, 0.05) is 4.47 Å². The molecule has 5 nitrogen and oxygen atoms in total. The van der Waals surface area contributed by atoms with E-state index in [4.69, 9.17) is 9.47 Å². The molecule has 0 heterocycles. The molecule has 2 rings (SSSR count). The topological polar surface area (TPSA) is 72.8 Å². The highest BCUT2D eigenvalue weighted by Crippen LogP contribution is 2.28. The Balaban J connectivity index is 2.07. The van der Waals surface area contributed by atoms with Crippen molar-refractivity contribution in [3.8, 4) is 11.5 Å². The zero-order chi connectivity index (χ0) is 18.4. The summed E-state index contributed by atoms with van der Waals surface area (Å²) in [5.41, 5.74) is 0.926. The average Bonchev–Trinajstić information content (AvgIpc) is 2.61. The van der Waals surface area contributed by atoms with Crippen molar-refractivity contribution in [3.05, 3.63) is 58.1 Å². The average molecular weight is 407 g/mol. The van der Waals surface area contributed by atoms with Crippen molar-refractivity contribution in [1.82, 2.24) is 0 Å². The van der Waals surface area contributed by atoms with E-state index in [1.54, 1.807) is 12.1 Å². The van der Waals surface area contributed by atoms with Gasteiger partial charge in [-0.15, -0.1) is 0 Å². The van der Waals surface area contributed by atoms with Crippen LogP contribution in [0.25, 0.3) is 0 Å². The van der Waals surface area contributed by atoms with Gasteiger partial charge in [-0.3, -0.25) is 0 Å². The molecule has 0 fully saturated rings. The molecule has 2 aromatic carbocycles. The first-order valence-electron chi connectivity index (χ1n) is 7.87. The molecule has 0 aliphatic rings. The van der Waals surface area contributed by atoms with E-state index in [0.29, 0.717) is 16.1 Å². The summed E-state index contributed by atoms with van der Waals surface area (Å²) in [5.74, 6) is -0.921. The Hall–Kier alpha value is -2.34. The van der Waals surface area contributed by atoms with Crippen molar-refractivity contribution >= 4 is 27.9 Å². The zero-order valence-corrected chi connectivity index (χ0v) is 15.6. The number of carboxylic acids is 1. The van der Waals surface area contributed by atoms with Crippen molar-refractivity contribution in [1.29, 1.82) is 0 Å². The lowest BCUT2D eigenvalue weighted by Gasteiger charge is -2.15. The van der Waals surface area contributed by atoms with Crippen LogP contribution in [0, 0.1) is 0 Å². The number of esters is 1. The lowest BCUT2D eigenvalue weighted by atomic mass is 9.98. The van der Waals surface area contributed by atoms with Crippen LogP contribution in [0.3, 0.4) is 0 Å². The summed E-state index contributed by atoms with van der Waals surface area (Å²) in [6.07, 6.45) is 0.950. The monoisotopic (exact) mass is 406 g/mol. The molecule has 0 aromatic heterocycles. The second-order valence-corrected chi connectivity index (χ2v) is 6.47. The van der Waals surface area contributed by atoms with Crippen LogP contribution in [0.1, 0.15) is 42.1 Å². The first kappa shape index (κ1) is 19.0. The maximum absolute atomic E-state index is 12.0. The largest absolute Gasteiger partial charge is 0.482 e. The highest BCUT2D eigenvalue weighted by Gasteiger charge is 2.16. The second-order valence-electron chi connectivity index (χ2n) is 5.56. The molecule has 2 aromatic rings. The number of hydrogen-bond donors (Lipinski definition) is 1. The molecule has 0 bridgehead atoms. The predicted octanol–water partition coefficient (Wildman–Crippen LogP) is 4.65. The van der Waals surface area contributed by atoms with Crippen LogP contribution in [0.4, 0.5) is 0 Å². The molecule has 0 saturated heterocycles. The smallest absolute Gasteiger partial charge is 0.349 e. The number of benzene rings is 2. The normalized spacial score (nSPS) is 11.6. The van der Waals surface area contributed by atoms with Crippen LogP contribution in [0.2, 0.25) is 0 Å². The molecule has 0 amide bonds. The lowest BCUT2D eigenvalue weighted by Crippen LogP contribution is -2.19. The van der Waals surface area contributed by atoms with Gasteiger partial charge >= 0.3 is 11.9 Å². The molecule has 1 N–H and O–H groups in total. The molecule has 0 aliphatic heterocycles. The van der Waals surface area contributed by atoms with Crippen LogP contribution < -0.4 is 9.47 Å². The Morgan fingerprint density at radius 2 is 1.88 bits per heavy atom. The van der Waals surface area contributed by atoms with Crippen molar-refractivity contribution in [3.63, 3.8) is 0 Å². The predicted molar refractivity (Wildman–Crippen MR) is 97.4 cm³/mol. The SMILES string of the molecule is CCC(C)c1ccccc1OCC(=O)Oc1ccc(Br)cc1C(=O)O. The van der Waals surface area contributed by atoms with E-state index in [0.717, 1.165) is 12.0 Å². The molecule has 1 unspecified atom stereocenters. The summed E-state index contributed by atoms with van der Waals surface area (Å²) in [7, 11) is 0. The number of ether oxygens (including phenoxy) is 2. The molecule has 0 aliphatic carbocycles. The van der Waals surface area contributed by atoms with Gasteiger partial charge in [-0.2, -0.15) is 0 Å². The molecule has 25 heavy (non-hydrogen) atoms. The first-order valence-corrected chi connectivity index (χ1v) is 8.67. The number of para-hydroxylation sites is 1. The van der Waals surface area contributed by atoms with E-state index in [1.165, 1.54) is 12.1 Å². The second kappa shape index (κ2) is 8.67. The third kappa shape index (κ3) is 5.06. The Kier molecular flexibility index (Phi) is 6.58. The highest BCUT2D eigenvalue weighted by atomic mass is 79.9. The fourth-order valence-electron chi connectivity index (χ4n) is 2.29. The van der Waals surface area contributed by atoms with Crippen molar-refractivity contribution in [2.45, 2.75) is 26.2 Å². The van der Waals surface area contributed by atoms with E-state index < -0.39 is 11.9 Å². The van der Waals surface area contributed by atoms with E-state index in [9.17, 15) is 14.7 Å². The molecule has 6 heteroatoms. The molecule has 132 valence electrons. The summed E-state index contributed by atoms with van der Waals surface area (Å²) < 4.78 is 11.3. The summed E-state index contributed by atoms with van der Waals surface area (Å²) >= 11 is 3.19. The lowest BCUT2D eigenvalue weighted by molar-refractivity contribution is -0.136. The Bertz CT molecular complexity index is 772. The molecule has 0 radical (unpaired) electrons. The Morgan fingerprint density at radius 3 is 2.56 bits per heavy atom. The van der Waals surface area contributed by atoms with E-state index in [-0.39, 0.29) is 17.9 Å². The van der Waals surface area contributed by atoms with Gasteiger partial charge in [0.2, 0.25) is 0 Å². The Morgan fingerprint density at radius 1 is 1.16 bits per heavy atom. The molecule has 0 saturated carbocycles. The zero-order valence-electron chi connectivity index (χ0n) is 14.0.